The third-order valence-electron chi connectivity index (χ3n) is 18.0. The molecule has 0 saturated heterocycles. The first-order valence-electron chi connectivity index (χ1n) is 41.3. The highest BCUT2D eigenvalue weighted by molar-refractivity contribution is 5.75. The molecule has 556 valence electrons. The highest BCUT2D eigenvalue weighted by atomic mass is 16.5. The van der Waals surface area contributed by atoms with E-state index >= 15 is 0 Å². The summed E-state index contributed by atoms with van der Waals surface area (Å²) >= 11 is 0. The lowest BCUT2D eigenvalue weighted by Crippen LogP contribution is -2.41. The van der Waals surface area contributed by atoms with Gasteiger partial charge in [-0.25, -0.2) is 5.84 Å². The van der Waals surface area contributed by atoms with Gasteiger partial charge in [0.15, 0.2) is 0 Å². The van der Waals surface area contributed by atoms with Crippen LogP contribution in [0.15, 0.2) is 97.2 Å². The van der Waals surface area contributed by atoms with Crippen LogP contribution in [0.25, 0.3) is 0 Å². The van der Waals surface area contributed by atoms with Crippen LogP contribution in [0.3, 0.4) is 0 Å². The first-order valence-corrected chi connectivity index (χ1v) is 41.3. The molecule has 0 saturated carbocycles. The number of hydrogen-bond acceptors (Lipinski definition) is 7. The van der Waals surface area contributed by atoms with Crippen LogP contribution in [-0.2, 0) is 23.7 Å². The fraction of sp³-hybridized carbons (Fsp3) is 0.805. The number of unbranched alkanes of at least 4 members (excludes halogenated alkanes) is 36. The summed E-state index contributed by atoms with van der Waals surface area (Å²) in [6, 6.07) is 0. The summed E-state index contributed by atoms with van der Waals surface area (Å²) in [4.78, 5) is 14.9. The molecule has 0 rings (SSSR count). The van der Waals surface area contributed by atoms with Gasteiger partial charge in [-0.05, 0) is 180 Å². The number of ether oxygens (including phenoxy) is 4. The molecule has 1 amide bonds. The van der Waals surface area contributed by atoms with E-state index in [9.17, 15) is 4.79 Å². The highest BCUT2D eigenvalue weighted by Gasteiger charge is 2.16. The highest BCUT2D eigenvalue weighted by Crippen LogP contribution is 2.15. The standard InChI is InChI=1S/C47H89N3O3.C40H74O2/c1-5-9-11-13-15-17-19-21-23-25-27-29-31-33-35-37-43-52-45-46(39-42-50(48)47(51)40-41-49(7-3)8-4)53-44-38-36-34-32-30-28-26-24-22-20-18-16-14-12-10-6-2;1-4-7-9-11-13-15-17-19-21-23-25-27-29-31-33-35-37-41-39-40(6-3)42-38-36-34-32-30-28-26-24-22-20-18-16-14-12-10-8-5-2/h15-18,21-24,46H,5-14,19-20,25-45,48H2,1-4H3;13-16,19-22,40H,4-12,17-18,23-39H2,1-3H3/b17-15-,18-16-,23-21-,24-22-;15-13-,16-14-,21-19-,22-20-/t46-;40-/m00/s1. The minimum atomic E-state index is -0.0285. The number of hydrogen-bond donors (Lipinski definition) is 1. The van der Waals surface area contributed by atoms with Crippen LogP contribution in [0.1, 0.15) is 376 Å². The van der Waals surface area contributed by atoms with Crippen molar-refractivity contribution in [1.29, 1.82) is 0 Å². The molecule has 0 heterocycles. The van der Waals surface area contributed by atoms with E-state index in [4.69, 9.17) is 24.8 Å². The molecule has 0 aliphatic carbocycles. The number of allylic oxidation sites excluding steroid dienone is 16. The van der Waals surface area contributed by atoms with E-state index in [1.165, 1.54) is 275 Å². The molecular weight excluding hydrogens is 1170 g/mol. The van der Waals surface area contributed by atoms with Crippen LogP contribution in [0, 0.1) is 0 Å². The van der Waals surface area contributed by atoms with Gasteiger partial charge in [0.2, 0.25) is 5.91 Å². The number of hydrazine groups is 1. The number of carbonyl (C=O) groups is 1. The maximum Gasteiger partial charge on any atom is 0.237 e. The lowest BCUT2D eigenvalue weighted by molar-refractivity contribution is -0.132. The summed E-state index contributed by atoms with van der Waals surface area (Å²) in [7, 11) is 0. The third kappa shape index (κ3) is 80.0. The molecule has 0 spiro atoms. The second-order valence-electron chi connectivity index (χ2n) is 27.0. The Balaban J connectivity index is 0. The lowest BCUT2D eigenvalue weighted by Gasteiger charge is -2.23. The zero-order chi connectivity index (χ0) is 69.2. The van der Waals surface area contributed by atoms with Crippen molar-refractivity contribution >= 4 is 5.91 Å². The summed E-state index contributed by atoms with van der Waals surface area (Å²) in [5.74, 6) is 6.19. The van der Waals surface area contributed by atoms with Crippen LogP contribution in [0.5, 0.6) is 0 Å². The normalized spacial score (nSPS) is 13.0. The SMILES string of the molecule is CCCCC/C=C\C/C=C\CCCCCCCCOC[C@H](CC)OCCCCCCCC/C=C\C/C=C\CCCCC.CCCCC/C=C\C/C=C\CCCCCCCCOC[C@H](CCN(N)C(=O)CCN(CC)CC)OCCCCCCCC/C=C\C/C=C\CCCCC. The predicted octanol–water partition coefficient (Wildman–Crippen LogP) is 26.3. The largest absolute Gasteiger partial charge is 0.379 e. The number of nitrogens with zero attached hydrogens (tertiary/aromatic N) is 2. The average Bonchev–Trinajstić information content (AvgIpc) is 3.56. The van der Waals surface area contributed by atoms with Gasteiger partial charge in [0.1, 0.15) is 0 Å². The Morgan fingerprint density at radius 1 is 0.316 bits per heavy atom. The Morgan fingerprint density at radius 2 is 0.579 bits per heavy atom. The summed E-state index contributed by atoms with van der Waals surface area (Å²) in [6.45, 7) is 23.3. The number of carbonyl (C=O) groups excluding carboxylic acids is 1. The summed E-state index contributed by atoms with van der Waals surface area (Å²) in [5.41, 5.74) is 0. The van der Waals surface area contributed by atoms with Crippen molar-refractivity contribution < 1.29 is 23.7 Å². The Labute approximate surface area is 593 Å². The molecule has 0 aliphatic rings. The first-order chi connectivity index (χ1) is 46.9. The van der Waals surface area contributed by atoms with Gasteiger partial charge in [-0.1, -0.05) is 300 Å². The van der Waals surface area contributed by atoms with Crippen LogP contribution in [0.2, 0.25) is 0 Å². The van der Waals surface area contributed by atoms with E-state index in [0.717, 1.165) is 97.6 Å². The van der Waals surface area contributed by atoms with Crippen molar-refractivity contribution in [3.63, 3.8) is 0 Å². The fourth-order valence-corrected chi connectivity index (χ4v) is 11.3. The second kappa shape index (κ2) is 85.4. The van der Waals surface area contributed by atoms with Crippen molar-refractivity contribution in [2.75, 3.05) is 65.8 Å². The summed E-state index contributed by atoms with van der Waals surface area (Å²) < 4.78 is 24.4. The molecule has 0 aromatic carbocycles. The van der Waals surface area contributed by atoms with Gasteiger partial charge >= 0.3 is 0 Å². The van der Waals surface area contributed by atoms with E-state index in [1.54, 1.807) is 0 Å². The van der Waals surface area contributed by atoms with Gasteiger partial charge in [-0.15, -0.1) is 0 Å². The van der Waals surface area contributed by atoms with Gasteiger partial charge in [-0.2, -0.15) is 0 Å². The molecule has 0 aliphatic heterocycles. The van der Waals surface area contributed by atoms with E-state index in [1.807, 2.05) is 0 Å². The monoisotopic (exact) mass is 1330 g/mol. The van der Waals surface area contributed by atoms with Crippen LogP contribution < -0.4 is 5.84 Å². The minimum Gasteiger partial charge on any atom is -0.379 e. The lowest BCUT2D eigenvalue weighted by atomic mass is 10.1. The first kappa shape index (κ1) is 94.2. The Bertz CT molecular complexity index is 1720. The van der Waals surface area contributed by atoms with Gasteiger partial charge < -0.3 is 23.8 Å². The van der Waals surface area contributed by atoms with Crippen LogP contribution in [-0.4, -0.2) is 93.8 Å². The minimum absolute atomic E-state index is 0.00282. The van der Waals surface area contributed by atoms with Gasteiger partial charge in [0.25, 0.3) is 0 Å². The van der Waals surface area contributed by atoms with Crippen molar-refractivity contribution in [3.8, 4) is 0 Å². The van der Waals surface area contributed by atoms with E-state index in [2.05, 4.69) is 151 Å². The molecule has 95 heavy (non-hydrogen) atoms. The zero-order valence-corrected chi connectivity index (χ0v) is 64.5. The quantitative estimate of drug-likeness (QED) is 0.0213. The Kier molecular flexibility index (Phi) is 84.7. The molecule has 0 aromatic heterocycles. The molecule has 8 heteroatoms. The van der Waals surface area contributed by atoms with Gasteiger partial charge in [0.05, 0.1) is 25.4 Å². The van der Waals surface area contributed by atoms with Crippen molar-refractivity contribution in [1.82, 2.24) is 9.91 Å². The predicted molar refractivity (Wildman–Crippen MR) is 422 cm³/mol. The third-order valence-corrected chi connectivity index (χ3v) is 18.0. The molecule has 0 bridgehead atoms. The summed E-state index contributed by atoms with van der Waals surface area (Å²) in [6.07, 6.45) is 101. The fourth-order valence-electron chi connectivity index (χ4n) is 11.3. The molecule has 0 radical (unpaired) electrons. The number of rotatable bonds is 75. The van der Waals surface area contributed by atoms with E-state index in [0.29, 0.717) is 26.0 Å². The van der Waals surface area contributed by atoms with E-state index in [-0.39, 0.29) is 18.1 Å². The second-order valence-corrected chi connectivity index (χ2v) is 27.0. The van der Waals surface area contributed by atoms with Crippen molar-refractivity contribution in [3.05, 3.63) is 97.2 Å². The molecule has 0 aromatic rings. The molecule has 2 N–H and O–H groups in total. The molecule has 0 fully saturated rings. The maximum atomic E-state index is 12.6. The van der Waals surface area contributed by atoms with Gasteiger partial charge in [-0.3, -0.25) is 9.80 Å². The topological polar surface area (TPSA) is 86.5 Å². The summed E-state index contributed by atoms with van der Waals surface area (Å²) in [5, 5.41) is 1.39. The zero-order valence-electron chi connectivity index (χ0n) is 64.5. The molecule has 8 nitrogen and oxygen atoms in total. The number of amides is 1. The van der Waals surface area contributed by atoms with E-state index < -0.39 is 0 Å². The maximum absolute atomic E-state index is 12.6. The average molecular weight is 1330 g/mol. The van der Waals surface area contributed by atoms with Crippen molar-refractivity contribution in [2.24, 2.45) is 5.84 Å². The van der Waals surface area contributed by atoms with Gasteiger partial charge in [0, 0.05) is 45.9 Å². The molecular formula is C87H163N3O5. The molecule has 0 unspecified atom stereocenters. The molecule has 2 atom stereocenters. The van der Waals surface area contributed by atoms with Crippen LogP contribution >= 0.6 is 0 Å². The Morgan fingerprint density at radius 3 is 0.874 bits per heavy atom. The Hall–Kier alpha value is -2.85. The number of nitrogens with two attached hydrogens (primary N) is 1. The van der Waals surface area contributed by atoms with Crippen LogP contribution in [0.4, 0.5) is 0 Å². The van der Waals surface area contributed by atoms with Crippen molar-refractivity contribution in [2.45, 2.75) is 388 Å². The smallest absolute Gasteiger partial charge is 0.237 e.